The average molecular weight is 284 g/mol. The maximum absolute atomic E-state index is 5.57. The van der Waals surface area contributed by atoms with E-state index in [9.17, 15) is 0 Å². The van der Waals surface area contributed by atoms with Gasteiger partial charge in [0.1, 0.15) is 0 Å². The van der Waals surface area contributed by atoms with Crippen LogP contribution in [0.1, 0.15) is 25.6 Å². The van der Waals surface area contributed by atoms with Gasteiger partial charge in [0.25, 0.3) is 0 Å². The van der Waals surface area contributed by atoms with Crippen molar-refractivity contribution in [3.63, 3.8) is 0 Å². The third-order valence-electron chi connectivity index (χ3n) is 3.10. The highest BCUT2D eigenvalue weighted by Crippen LogP contribution is 2.12. The summed E-state index contributed by atoms with van der Waals surface area (Å²) in [4.78, 5) is 0. The molecular weight excluding hydrogens is 256 g/mol. The standard InChI is InChI=1S/C15H28N2O3/c1-4-16-14(2)15-6-5-7-17(15)8-9-19-12-13-20-11-10-18-3/h5-7,14,16H,4,8-13H2,1-3H3. The fourth-order valence-corrected chi connectivity index (χ4v) is 2.06. The molecule has 0 aromatic carbocycles. The molecule has 0 amide bonds. The molecule has 1 atom stereocenters. The molecule has 5 heteroatoms. The highest BCUT2D eigenvalue weighted by atomic mass is 16.5. The third kappa shape index (κ3) is 6.52. The molecule has 1 aromatic heterocycles. The number of nitrogens with one attached hydrogen (secondary N) is 1. The van der Waals surface area contributed by atoms with Gasteiger partial charge in [0, 0.05) is 31.6 Å². The summed E-state index contributed by atoms with van der Waals surface area (Å²) in [5, 5.41) is 3.43. The second kappa shape index (κ2) is 10.9. The van der Waals surface area contributed by atoms with E-state index in [4.69, 9.17) is 14.2 Å². The Kier molecular flexibility index (Phi) is 9.32. The van der Waals surface area contributed by atoms with E-state index >= 15 is 0 Å². The number of hydrogen-bond acceptors (Lipinski definition) is 4. The van der Waals surface area contributed by atoms with Crippen LogP contribution in [0.15, 0.2) is 18.3 Å². The summed E-state index contributed by atoms with van der Waals surface area (Å²) in [5.74, 6) is 0. The van der Waals surface area contributed by atoms with Gasteiger partial charge in [0.2, 0.25) is 0 Å². The Balaban J connectivity index is 2.14. The minimum Gasteiger partial charge on any atom is -0.382 e. The molecule has 0 fully saturated rings. The van der Waals surface area contributed by atoms with Crippen LogP contribution in [0.25, 0.3) is 0 Å². The minimum absolute atomic E-state index is 0.368. The predicted octanol–water partition coefficient (Wildman–Crippen LogP) is 1.84. The summed E-state index contributed by atoms with van der Waals surface area (Å²) in [6.07, 6.45) is 2.10. The fraction of sp³-hybridized carbons (Fsp3) is 0.733. The van der Waals surface area contributed by atoms with Crippen molar-refractivity contribution in [1.29, 1.82) is 0 Å². The molecule has 0 spiro atoms. The van der Waals surface area contributed by atoms with Crippen LogP contribution in [0.4, 0.5) is 0 Å². The zero-order valence-corrected chi connectivity index (χ0v) is 12.9. The van der Waals surface area contributed by atoms with Gasteiger partial charge < -0.3 is 24.1 Å². The summed E-state index contributed by atoms with van der Waals surface area (Å²) < 4.78 is 18.0. The van der Waals surface area contributed by atoms with Crippen LogP contribution in [0.2, 0.25) is 0 Å². The topological polar surface area (TPSA) is 44.7 Å². The first kappa shape index (κ1) is 17.2. The molecule has 116 valence electrons. The summed E-state index contributed by atoms with van der Waals surface area (Å²) in [7, 11) is 1.67. The second-order valence-corrected chi connectivity index (χ2v) is 4.62. The molecule has 1 heterocycles. The summed E-state index contributed by atoms with van der Waals surface area (Å²) in [6, 6.07) is 4.60. The molecule has 20 heavy (non-hydrogen) atoms. The van der Waals surface area contributed by atoms with Crippen LogP contribution in [0, 0.1) is 0 Å². The fourth-order valence-electron chi connectivity index (χ4n) is 2.06. The van der Waals surface area contributed by atoms with Crippen molar-refractivity contribution < 1.29 is 14.2 Å². The molecule has 0 saturated carbocycles. The van der Waals surface area contributed by atoms with Gasteiger partial charge in [-0.05, 0) is 25.6 Å². The van der Waals surface area contributed by atoms with Crippen LogP contribution in [0.3, 0.4) is 0 Å². The van der Waals surface area contributed by atoms with Gasteiger partial charge in [0.15, 0.2) is 0 Å². The molecule has 1 N–H and O–H groups in total. The van der Waals surface area contributed by atoms with E-state index in [1.807, 2.05) is 0 Å². The van der Waals surface area contributed by atoms with Crippen molar-refractivity contribution in [2.24, 2.45) is 0 Å². The number of nitrogens with zero attached hydrogens (tertiary/aromatic N) is 1. The van der Waals surface area contributed by atoms with Crippen molar-refractivity contribution in [2.45, 2.75) is 26.4 Å². The Hall–Kier alpha value is -0.880. The largest absolute Gasteiger partial charge is 0.382 e. The van der Waals surface area contributed by atoms with Crippen molar-refractivity contribution in [2.75, 3.05) is 46.7 Å². The lowest BCUT2D eigenvalue weighted by Crippen LogP contribution is -2.21. The van der Waals surface area contributed by atoms with E-state index in [0.29, 0.717) is 39.1 Å². The maximum atomic E-state index is 5.57. The molecule has 5 nitrogen and oxygen atoms in total. The molecule has 0 aliphatic rings. The maximum Gasteiger partial charge on any atom is 0.0701 e. The number of aromatic nitrogens is 1. The monoisotopic (exact) mass is 284 g/mol. The normalized spacial score (nSPS) is 12.8. The average Bonchev–Trinajstić information content (AvgIpc) is 2.90. The van der Waals surface area contributed by atoms with E-state index in [0.717, 1.165) is 13.1 Å². The summed E-state index contributed by atoms with van der Waals surface area (Å²) in [5.41, 5.74) is 1.30. The molecule has 0 aliphatic carbocycles. The highest BCUT2D eigenvalue weighted by molar-refractivity contribution is 5.11. The van der Waals surface area contributed by atoms with Crippen LogP contribution < -0.4 is 5.32 Å². The Morgan fingerprint density at radius 1 is 1.15 bits per heavy atom. The van der Waals surface area contributed by atoms with Gasteiger partial charge in [-0.15, -0.1) is 0 Å². The quantitative estimate of drug-likeness (QED) is 0.595. The molecule has 0 radical (unpaired) electrons. The van der Waals surface area contributed by atoms with E-state index in [-0.39, 0.29) is 0 Å². The van der Waals surface area contributed by atoms with Crippen molar-refractivity contribution in [1.82, 2.24) is 9.88 Å². The molecule has 1 unspecified atom stereocenters. The smallest absolute Gasteiger partial charge is 0.0701 e. The highest BCUT2D eigenvalue weighted by Gasteiger charge is 2.08. The van der Waals surface area contributed by atoms with Gasteiger partial charge in [0.05, 0.1) is 33.0 Å². The van der Waals surface area contributed by atoms with Crippen LogP contribution in [-0.4, -0.2) is 51.3 Å². The van der Waals surface area contributed by atoms with E-state index in [1.165, 1.54) is 5.69 Å². The van der Waals surface area contributed by atoms with Crippen LogP contribution >= 0.6 is 0 Å². The zero-order valence-electron chi connectivity index (χ0n) is 12.9. The van der Waals surface area contributed by atoms with Crippen LogP contribution in [-0.2, 0) is 20.8 Å². The summed E-state index contributed by atoms with van der Waals surface area (Å²) in [6.45, 7) is 9.36. The number of methoxy groups -OCH3 is 1. The van der Waals surface area contributed by atoms with Crippen molar-refractivity contribution >= 4 is 0 Å². The SMILES string of the molecule is CCNC(C)c1cccn1CCOCCOCCOC. The summed E-state index contributed by atoms with van der Waals surface area (Å²) >= 11 is 0. The van der Waals surface area contributed by atoms with Crippen LogP contribution in [0.5, 0.6) is 0 Å². The number of rotatable bonds is 12. The molecule has 0 bridgehead atoms. The third-order valence-corrected chi connectivity index (χ3v) is 3.10. The van der Waals surface area contributed by atoms with Gasteiger partial charge in [-0.2, -0.15) is 0 Å². The first-order chi connectivity index (χ1) is 9.79. The molecule has 0 aliphatic heterocycles. The van der Waals surface area contributed by atoms with E-state index < -0.39 is 0 Å². The Morgan fingerprint density at radius 2 is 1.85 bits per heavy atom. The Bertz CT molecular complexity index is 342. The molecule has 0 saturated heterocycles. The first-order valence-electron chi connectivity index (χ1n) is 7.32. The lowest BCUT2D eigenvalue weighted by molar-refractivity contribution is 0.0229. The number of hydrogen-bond donors (Lipinski definition) is 1. The predicted molar refractivity (Wildman–Crippen MR) is 80.0 cm³/mol. The van der Waals surface area contributed by atoms with Gasteiger partial charge in [-0.3, -0.25) is 0 Å². The van der Waals surface area contributed by atoms with E-state index in [1.54, 1.807) is 7.11 Å². The van der Waals surface area contributed by atoms with Gasteiger partial charge in [-0.1, -0.05) is 6.92 Å². The minimum atomic E-state index is 0.368. The lowest BCUT2D eigenvalue weighted by Gasteiger charge is -2.16. The molecule has 1 rings (SSSR count). The zero-order chi connectivity index (χ0) is 14.6. The van der Waals surface area contributed by atoms with Crippen molar-refractivity contribution in [3.8, 4) is 0 Å². The Labute approximate surface area is 122 Å². The molecule has 1 aromatic rings. The second-order valence-electron chi connectivity index (χ2n) is 4.62. The number of ether oxygens (including phenoxy) is 3. The van der Waals surface area contributed by atoms with Gasteiger partial charge >= 0.3 is 0 Å². The van der Waals surface area contributed by atoms with E-state index in [2.05, 4.69) is 42.1 Å². The van der Waals surface area contributed by atoms with Gasteiger partial charge in [-0.25, -0.2) is 0 Å². The Morgan fingerprint density at radius 3 is 2.55 bits per heavy atom. The lowest BCUT2D eigenvalue weighted by atomic mass is 10.2. The molecular formula is C15H28N2O3. The first-order valence-corrected chi connectivity index (χ1v) is 7.32. The van der Waals surface area contributed by atoms with Crippen molar-refractivity contribution in [3.05, 3.63) is 24.0 Å².